The first-order valence-corrected chi connectivity index (χ1v) is 9.44. The Hall–Kier alpha value is -2.60. The molecule has 2 rings (SSSR count). The Balaban J connectivity index is 1.65. The molecule has 4 nitrogen and oxygen atoms in total. The van der Waals surface area contributed by atoms with Gasteiger partial charge in [-0.2, -0.15) is 0 Å². The van der Waals surface area contributed by atoms with E-state index < -0.39 is 5.82 Å². The number of rotatable bonds is 8. The third-order valence-corrected chi connectivity index (χ3v) is 4.31. The second-order valence-electron chi connectivity index (χ2n) is 5.52. The zero-order valence-electron chi connectivity index (χ0n) is 14.5. The number of hydrogen-bond acceptors (Lipinski definition) is 3. The molecule has 26 heavy (non-hydrogen) atoms. The van der Waals surface area contributed by atoms with Crippen LogP contribution in [0.3, 0.4) is 0 Å². The van der Waals surface area contributed by atoms with Gasteiger partial charge in [-0.1, -0.05) is 18.2 Å². The summed E-state index contributed by atoms with van der Waals surface area (Å²) in [4.78, 5) is 24.8. The molecule has 2 aromatic carbocycles. The highest BCUT2D eigenvalue weighted by Crippen LogP contribution is 2.15. The Bertz CT molecular complexity index is 776. The fourth-order valence-corrected chi connectivity index (χ4v) is 2.59. The van der Waals surface area contributed by atoms with E-state index >= 15 is 0 Å². The van der Waals surface area contributed by atoms with Crippen molar-refractivity contribution in [3.05, 3.63) is 71.6 Å². The SMILES string of the molecule is CSc1ccc(/C=C/C(=O)NCCCNC(=O)c2cccc(F)c2)cc1. The van der Waals surface area contributed by atoms with Gasteiger partial charge in [-0.3, -0.25) is 9.59 Å². The van der Waals surface area contributed by atoms with Crippen molar-refractivity contribution in [2.24, 2.45) is 0 Å². The molecule has 0 heterocycles. The van der Waals surface area contributed by atoms with E-state index in [4.69, 9.17) is 0 Å². The van der Waals surface area contributed by atoms with Gasteiger partial charge in [0, 0.05) is 29.6 Å². The topological polar surface area (TPSA) is 58.2 Å². The Morgan fingerprint density at radius 1 is 1.08 bits per heavy atom. The van der Waals surface area contributed by atoms with Crippen molar-refractivity contribution in [3.63, 3.8) is 0 Å². The molecule has 6 heteroatoms. The van der Waals surface area contributed by atoms with Crippen molar-refractivity contribution in [2.45, 2.75) is 11.3 Å². The number of carbonyl (C=O) groups excluding carboxylic acids is 2. The maximum Gasteiger partial charge on any atom is 0.251 e. The van der Waals surface area contributed by atoms with Gasteiger partial charge >= 0.3 is 0 Å². The highest BCUT2D eigenvalue weighted by Gasteiger charge is 2.05. The number of amides is 2. The average molecular weight is 372 g/mol. The lowest BCUT2D eigenvalue weighted by molar-refractivity contribution is -0.116. The minimum absolute atomic E-state index is 0.185. The van der Waals surface area contributed by atoms with Gasteiger partial charge in [0.05, 0.1) is 0 Å². The quantitative estimate of drug-likeness (QED) is 0.424. The summed E-state index contributed by atoms with van der Waals surface area (Å²) in [5.74, 6) is -0.959. The van der Waals surface area contributed by atoms with Crippen LogP contribution in [0.25, 0.3) is 6.08 Å². The Kier molecular flexibility index (Phi) is 7.89. The summed E-state index contributed by atoms with van der Waals surface area (Å²) in [5.41, 5.74) is 1.24. The zero-order chi connectivity index (χ0) is 18.8. The van der Waals surface area contributed by atoms with Crippen LogP contribution in [-0.4, -0.2) is 31.2 Å². The van der Waals surface area contributed by atoms with Crippen LogP contribution in [0.1, 0.15) is 22.3 Å². The molecule has 0 radical (unpaired) electrons. The molecule has 0 unspecified atom stereocenters. The normalized spacial score (nSPS) is 10.7. The van der Waals surface area contributed by atoms with Crippen molar-refractivity contribution in [2.75, 3.05) is 19.3 Å². The van der Waals surface area contributed by atoms with E-state index in [9.17, 15) is 14.0 Å². The Morgan fingerprint density at radius 2 is 1.81 bits per heavy atom. The number of thioether (sulfide) groups is 1. The van der Waals surface area contributed by atoms with Crippen molar-refractivity contribution in [3.8, 4) is 0 Å². The summed E-state index contributed by atoms with van der Waals surface area (Å²) in [6.45, 7) is 0.841. The van der Waals surface area contributed by atoms with E-state index in [1.807, 2.05) is 30.5 Å². The minimum atomic E-state index is -0.445. The summed E-state index contributed by atoms with van der Waals surface area (Å²) >= 11 is 1.67. The van der Waals surface area contributed by atoms with Crippen LogP contribution in [0.4, 0.5) is 4.39 Å². The van der Waals surface area contributed by atoms with Gasteiger partial charge in [-0.05, 0) is 54.6 Å². The molecule has 0 aliphatic carbocycles. The van der Waals surface area contributed by atoms with Crippen molar-refractivity contribution in [1.29, 1.82) is 0 Å². The maximum atomic E-state index is 13.1. The molecule has 136 valence electrons. The number of halogens is 1. The van der Waals surface area contributed by atoms with E-state index in [-0.39, 0.29) is 17.4 Å². The molecule has 2 N–H and O–H groups in total. The van der Waals surface area contributed by atoms with E-state index in [2.05, 4.69) is 10.6 Å². The van der Waals surface area contributed by atoms with Gasteiger partial charge in [-0.25, -0.2) is 4.39 Å². The van der Waals surface area contributed by atoms with E-state index in [1.165, 1.54) is 29.2 Å². The van der Waals surface area contributed by atoms with Crippen molar-refractivity contribution >= 4 is 29.7 Å². The number of carbonyl (C=O) groups is 2. The first kappa shape index (κ1) is 19.7. The molecule has 0 bridgehead atoms. The molecule has 0 atom stereocenters. The fourth-order valence-electron chi connectivity index (χ4n) is 2.18. The Morgan fingerprint density at radius 3 is 2.50 bits per heavy atom. The van der Waals surface area contributed by atoms with Gasteiger partial charge in [0.25, 0.3) is 5.91 Å². The van der Waals surface area contributed by atoms with E-state index in [0.717, 1.165) is 5.56 Å². The third kappa shape index (κ3) is 6.72. The molecule has 2 aromatic rings. The fraction of sp³-hybridized carbons (Fsp3) is 0.200. The molecule has 0 spiro atoms. The highest BCUT2D eigenvalue weighted by atomic mass is 32.2. The van der Waals surface area contributed by atoms with Crippen LogP contribution in [0, 0.1) is 5.82 Å². The van der Waals surface area contributed by atoms with Gasteiger partial charge in [0.1, 0.15) is 5.82 Å². The van der Waals surface area contributed by atoms with Gasteiger partial charge in [-0.15, -0.1) is 11.8 Å². The van der Waals surface area contributed by atoms with Crippen LogP contribution >= 0.6 is 11.8 Å². The molecule has 0 aliphatic rings. The van der Waals surface area contributed by atoms with Crippen LogP contribution in [0.2, 0.25) is 0 Å². The van der Waals surface area contributed by atoms with Crippen LogP contribution in [0.15, 0.2) is 59.5 Å². The molecule has 0 aliphatic heterocycles. The second-order valence-corrected chi connectivity index (χ2v) is 6.40. The standard InChI is InChI=1S/C20H21FN2O2S/c1-26-18-9-6-15(7-10-18)8-11-19(24)22-12-3-13-23-20(25)16-4-2-5-17(21)14-16/h2,4-11,14H,3,12-13H2,1H3,(H,22,24)(H,23,25)/b11-8+. The van der Waals surface area contributed by atoms with Crippen LogP contribution < -0.4 is 10.6 Å². The number of nitrogens with one attached hydrogen (secondary N) is 2. The lowest BCUT2D eigenvalue weighted by Crippen LogP contribution is -2.29. The summed E-state index contributed by atoms with van der Waals surface area (Å²) < 4.78 is 13.1. The molecule has 0 saturated heterocycles. The number of hydrogen-bond donors (Lipinski definition) is 2. The first-order chi connectivity index (χ1) is 12.6. The van der Waals surface area contributed by atoms with Gasteiger partial charge in [0.2, 0.25) is 5.91 Å². The maximum absolute atomic E-state index is 13.1. The average Bonchev–Trinajstić information content (AvgIpc) is 2.66. The van der Waals surface area contributed by atoms with E-state index in [0.29, 0.717) is 19.5 Å². The summed E-state index contributed by atoms with van der Waals surface area (Å²) in [6, 6.07) is 13.4. The summed E-state index contributed by atoms with van der Waals surface area (Å²) in [6.07, 6.45) is 5.84. The summed E-state index contributed by atoms with van der Waals surface area (Å²) in [5, 5.41) is 5.45. The lowest BCUT2D eigenvalue weighted by Gasteiger charge is -2.06. The largest absolute Gasteiger partial charge is 0.352 e. The smallest absolute Gasteiger partial charge is 0.251 e. The van der Waals surface area contributed by atoms with Gasteiger partial charge < -0.3 is 10.6 Å². The van der Waals surface area contributed by atoms with Crippen molar-refractivity contribution < 1.29 is 14.0 Å². The third-order valence-electron chi connectivity index (χ3n) is 3.57. The van der Waals surface area contributed by atoms with Crippen LogP contribution in [0.5, 0.6) is 0 Å². The zero-order valence-corrected chi connectivity index (χ0v) is 15.3. The van der Waals surface area contributed by atoms with Crippen molar-refractivity contribution in [1.82, 2.24) is 10.6 Å². The lowest BCUT2D eigenvalue weighted by atomic mass is 10.2. The first-order valence-electron chi connectivity index (χ1n) is 8.22. The van der Waals surface area contributed by atoms with E-state index in [1.54, 1.807) is 23.9 Å². The molecule has 2 amide bonds. The monoisotopic (exact) mass is 372 g/mol. The minimum Gasteiger partial charge on any atom is -0.352 e. The van der Waals surface area contributed by atoms with Gasteiger partial charge in [0.15, 0.2) is 0 Å². The predicted molar refractivity (Wildman–Crippen MR) is 104 cm³/mol. The molecular weight excluding hydrogens is 351 g/mol. The predicted octanol–water partition coefficient (Wildman–Crippen LogP) is 3.50. The second kappa shape index (κ2) is 10.4. The highest BCUT2D eigenvalue weighted by molar-refractivity contribution is 7.98. The summed E-state index contributed by atoms with van der Waals surface area (Å²) in [7, 11) is 0. The number of benzene rings is 2. The molecule has 0 saturated carbocycles. The van der Waals surface area contributed by atoms with Crippen LogP contribution in [-0.2, 0) is 4.79 Å². The molecule has 0 fully saturated rings. The molecular formula is C20H21FN2O2S. The Labute approximate surface area is 156 Å². The molecule has 0 aromatic heterocycles.